The second-order valence-electron chi connectivity index (χ2n) is 14.5. The highest BCUT2D eigenvalue weighted by atomic mass is 35.5. The lowest BCUT2D eigenvalue weighted by molar-refractivity contribution is 1.16. The lowest BCUT2D eigenvalue weighted by Crippen LogP contribution is -1.98. The van der Waals surface area contributed by atoms with E-state index in [2.05, 4.69) is 155 Å². The molecule has 8 aromatic carbocycles. The smallest absolute Gasteiger partial charge is 0.160 e. The Kier molecular flexibility index (Phi) is 8.21. The van der Waals surface area contributed by atoms with E-state index in [-0.39, 0.29) is 0 Å². The van der Waals surface area contributed by atoms with E-state index < -0.39 is 0 Å². The predicted molar refractivity (Wildman–Crippen MR) is 242 cm³/mol. The minimum absolute atomic E-state index is 0.620. The molecule has 274 valence electrons. The van der Waals surface area contributed by atoms with E-state index in [0.717, 1.165) is 56.0 Å². The SMILES string of the molecule is Clc1ccc(-c2cc(-c3cccc(-n4c5ccccc5c5ccc(-c6ccc7c(c6)c6ccccc6n7-c6ccccc6)cc54)c3)nc(-c3ccc(Cl)cc3)n2)cc1. The first-order chi connectivity index (χ1) is 28.6. The van der Waals surface area contributed by atoms with Gasteiger partial charge in [0.2, 0.25) is 0 Å². The summed E-state index contributed by atoms with van der Waals surface area (Å²) >= 11 is 12.6. The van der Waals surface area contributed by atoms with Crippen LogP contribution in [0.15, 0.2) is 194 Å². The normalized spacial score (nSPS) is 11.6. The standard InChI is InChI=1S/C52H32Cl2N4/c53-38-23-17-33(18-24-38)46-32-47(56-52(55-46)34-19-25-39(54)26-20-34)37-9-8-12-41(29-37)58-48-15-6-4-13-42(48)44-27-21-36(31-51(44)58)35-22-28-50-45(30-35)43-14-5-7-16-49(43)57(50)40-10-2-1-3-11-40/h1-32H. The molecule has 11 rings (SSSR count). The van der Waals surface area contributed by atoms with Crippen LogP contribution in [0.25, 0.3) is 100 Å². The number of fused-ring (bicyclic) bond motifs is 6. The molecule has 0 spiro atoms. The third-order valence-corrected chi connectivity index (χ3v) is 11.6. The van der Waals surface area contributed by atoms with Gasteiger partial charge in [0.1, 0.15) is 0 Å². The van der Waals surface area contributed by atoms with E-state index in [9.17, 15) is 0 Å². The van der Waals surface area contributed by atoms with Crippen LogP contribution in [-0.4, -0.2) is 19.1 Å². The molecule has 4 nitrogen and oxygen atoms in total. The van der Waals surface area contributed by atoms with Crippen LogP contribution >= 0.6 is 23.2 Å². The molecule has 0 saturated heterocycles. The van der Waals surface area contributed by atoms with Gasteiger partial charge in [-0.2, -0.15) is 0 Å². The molecule has 0 aliphatic carbocycles. The van der Waals surface area contributed by atoms with Gasteiger partial charge in [-0.25, -0.2) is 9.97 Å². The highest BCUT2D eigenvalue weighted by Crippen LogP contribution is 2.39. The molecular weight excluding hydrogens is 752 g/mol. The molecule has 3 aromatic heterocycles. The summed E-state index contributed by atoms with van der Waals surface area (Å²) in [6, 6.07) is 67.7. The molecule has 0 bridgehead atoms. The molecule has 0 aliphatic rings. The summed E-state index contributed by atoms with van der Waals surface area (Å²) in [4.78, 5) is 10.1. The van der Waals surface area contributed by atoms with Gasteiger partial charge in [0.05, 0.1) is 33.5 Å². The molecular formula is C52H32Cl2N4. The number of halogens is 2. The Labute approximate surface area is 344 Å². The van der Waals surface area contributed by atoms with Crippen molar-refractivity contribution in [3.63, 3.8) is 0 Å². The van der Waals surface area contributed by atoms with Crippen LogP contribution in [-0.2, 0) is 0 Å². The number of nitrogens with zero attached hydrogens (tertiary/aromatic N) is 4. The lowest BCUT2D eigenvalue weighted by Gasteiger charge is -2.13. The molecule has 0 fully saturated rings. The van der Waals surface area contributed by atoms with Crippen molar-refractivity contribution in [2.75, 3.05) is 0 Å². The molecule has 3 heterocycles. The van der Waals surface area contributed by atoms with Crippen molar-refractivity contribution >= 4 is 66.8 Å². The summed E-state index contributed by atoms with van der Waals surface area (Å²) in [6.07, 6.45) is 0. The van der Waals surface area contributed by atoms with Gasteiger partial charge in [0.15, 0.2) is 5.82 Å². The second-order valence-corrected chi connectivity index (χ2v) is 15.4. The van der Waals surface area contributed by atoms with Gasteiger partial charge >= 0.3 is 0 Å². The molecule has 0 aliphatic heterocycles. The van der Waals surface area contributed by atoms with Gasteiger partial charge in [-0.3, -0.25) is 0 Å². The molecule has 0 amide bonds. The first kappa shape index (κ1) is 34.3. The number of aromatic nitrogens is 4. The van der Waals surface area contributed by atoms with Crippen molar-refractivity contribution in [2.24, 2.45) is 0 Å². The van der Waals surface area contributed by atoms with E-state index in [4.69, 9.17) is 33.2 Å². The zero-order chi connectivity index (χ0) is 38.7. The quantitative estimate of drug-likeness (QED) is 0.168. The summed E-state index contributed by atoms with van der Waals surface area (Å²) in [7, 11) is 0. The molecule has 0 N–H and O–H groups in total. The molecule has 0 radical (unpaired) electrons. The van der Waals surface area contributed by atoms with Crippen molar-refractivity contribution in [2.45, 2.75) is 0 Å². The average molecular weight is 784 g/mol. The average Bonchev–Trinajstić information content (AvgIpc) is 3.79. The zero-order valence-corrected chi connectivity index (χ0v) is 32.5. The first-order valence-electron chi connectivity index (χ1n) is 19.2. The Morgan fingerprint density at radius 1 is 0.310 bits per heavy atom. The highest BCUT2D eigenvalue weighted by Gasteiger charge is 2.17. The Hall–Kier alpha value is -6.98. The van der Waals surface area contributed by atoms with Crippen LogP contribution in [0.4, 0.5) is 0 Å². The molecule has 11 aromatic rings. The third-order valence-electron chi connectivity index (χ3n) is 11.1. The van der Waals surface area contributed by atoms with Crippen LogP contribution in [0.5, 0.6) is 0 Å². The molecule has 58 heavy (non-hydrogen) atoms. The number of rotatable bonds is 6. The van der Waals surface area contributed by atoms with E-state index in [1.807, 2.05) is 48.5 Å². The highest BCUT2D eigenvalue weighted by molar-refractivity contribution is 6.31. The summed E-state index contributed by atoms with van der Waals surface area (Å²) in [6.45, 7) is 0. The number of benzene rings is 8. The van der Waals surface area contributed by atoms with Crippen molar-refractivity contribution in [3.8, 4) is 56.4 Å². The van der Waals surface area contributed by atoms with Crippen LogP contribution in [0, 0.1) is 0 Å². The predicted octanol–water partition coefficient (Wildman–Crippen LogP) is 14.6. The Morgan fingerprint density at radius 3 is 1.55 bits per heavy atom. The van der Waals surface area contributed by atoms with Gasteiger partial charge in [0, 0.05) is 59.7 Å². The molecule has 0 atom stereocenters. The Bertz CT molecular complexity index is 3280. The Balaban J connectivity index is 1.07. The minimum Gasteiger partial charge on any atom is -0.309 e. The summed E-state index contributed by atoms with van der Waals surface area (Å²) in [5.41, 5.74) is 13.6. The summed E-state index contributed by atoms with van der Waals surface area (Å²) < 4.78 is 4.73. The van der Waals surface area contributed by atoms with E-state index in [1.54, 1.807) is 0 Å². The van der Waals surface area contributed by atoms with Crippen molar-refractivity contribution in [1.29, 1.82) is 0 Å². The first-order valence-corrected chi connectivity index (χ1v) is 20.0. The van der Waals surface area contributed by atoms with Crippen LogP contribution in [0.1, 0.15) is 0 Å². The fourth-order valence-electron chi connectivity index (χ4n) is 8.33. The summed E-state index contributed by atoms with van der Waals surface area (Å²) in [5.74, 6) is 0.620. The molecule has 0 unspecified atom stereocenters. The summed E-state index contributed by atoms with van der Waals surface area (Å²) in [5, 5.41) is 6.20. The van der Waals surface area contributed by atoms with Crippen molar-refractivity contribution in [3.05, 3.63) is 204 Å². The van der Waals surface area contributed by atoms with Gasteiger partial charge in [-0.05, 0) is 108 Å². The molecule has 6 heteroatoms. The van der Waals surface area contributed by atoms with E-state index in [0.29, 0.717) is 15.9 Å². The maximum Gasteiger partial charge on any atom is 0.160 e. The molecule has 0 saturated carbocycles. The van der Waals surface area contributed by atoms with Crippen LogP contribution < -0.4 is 0 Å². The van der Waals surface area contributed by atoms with Crippen molar-refractivity contribution in [1.82, 2.24) is 19.1 Å². The maximum absolute atomic E-state index is 6.28. The third kappa shape index (κ3) is 5.85. The van der Waals surface area contributed by atoms with Gasteiger partial charge in [-0.1, -0.05) is 120 Å². The van der Waals surface area contributed by atoms with Crippen LogP contribution in [0.2, 0.25) is 10.0 Å². The van der Waals surface area contributed by atoms with Crippen LogP contribution in [0.3, 0.4) is 0 Å². The minimum atomic E-state index is 0.620. The number of hydrogen-bond donors (Lipinski definition) is 0. The monoisotopic (exact) mass is 782 g/mol. The fraction of sp³-hybridized carbons (Fsp3) is 0. The van der Waals surface area contributed by atoms with Crippen molar-refractivity contribution < 1.29 is 0 Å². The Morgan fingerprint density at radius 2 is 0.828 bits per heavy atom. The van der Waals surface area contributed by atoms with Gasteiger partial charge in [-0.15, -0.1) is 0 Å². The number of hydrogen-bond acceptors (Lipinski definition) is 2. The fourth-order valence-corrected chi connectivity index (χ4v) is 8.58. The second kappa shape index (κ2) is 13.9. The van der Waals surface area contributed by atoms with E-state index in [1.165, 1.54) is 38.1 Å². The largest absolute Gasteiger partial charge is 0.309 e. The lowest BCUT2D eigenvalue weighted by atomic mass is 10.0. The van der Waals surface area contributed by atoms with Gasteiger partial charge < -0.3 is 9.13 Å². The van der Waals surface area contributed by atoms with E-state index >= 15 is 0 Å². The van der Waals surface area contributed by atoms with Gasteiger partial charge in [0.25, 0.3) is 0 Å². The zero-order valence-electron chi connectivity index (χ0n) is 31.0. The maximum atomic E-state index is 6.28. The topological polar surface area (TPSA) is 35.6 Å². The number of para-hydroxylation sites is 3.